The van der Waals surface area contributed by atoms with E-state index in [0.29, 0.717) is 17.9 Å². The van der Waals surface area contributed by atoms with Gasteiger partial charge in [0.1, 0.15) is 11.4 Å². The molecule has 2 aromatic rings. The maximum absolute atomic E-state index is 12.5. The van der Waals surface area contributed by atoms with Crippen molar-refractivity contribution in [3.63, 3.8) is 0 Å². The topological polar surface area (TPSA) is 89.3 Å². The minimum Gasteiger partial charge on any atom is -0.493 e. The van der Waals surface area contributed by atoms with E-state index < -0.39 is 5.56 Å². The zero-order chi connectivity index (χ0) is 18.9. The zero-order valence-electron chi connectivity index (χ0n) is 14.9. The molecule has 0 spiro atoms. The predicted octanol–water partition coefficient (Wildman–Crippen LogP) is 3.29. The molecule has 7 nitrogen and oxygen atoms in total. The van der Waals surface area contributed by atoms with Gasteiger partial charge in [0.05, 0.1) is 18.4 Å². The van der Waals surface area contributed by atoms with Crippen LogP contribution in [0.1, 0.15) is 48.7 Å². The number of nitrogens with zero attached hydrogens (tertiary/aromatic N) is 3. The fourth-order valence-electron chi connectivity index (χ4n) is 2.26. The Morgan fingerprint density at radius 2 is 2.12 bits per heavy atom. The Bertz CT molecular complexity index is 902. The Morgan fingerprint density at radius 3 is 2.88 bits per heavy atom. The first-order chi connectivity index (χ1) is 12.5. The number of aromatic amines is 1. The molecular formula is C18H22N4O3S. The summed E-state index contributed by atoms with van der Waals surface area (Å²) < 4.78 is 6.69. The number of ether oxygens (including phenoxy) is 1. The van der Waals surface area contributed by atoms with Crippen LogP contribution in [-0.4, -0.2) is 33.5 Å². The van der Waals surface area contributed by atoms with E-state index in [9.17, 15) is 9.59 Å². The van der Waals surface area contributed by atoms with Gasteiger partial charge >= 0.3 is 0 Å². The van der Waals surface area contributed by atoms with Gasteiger partial charge in [-0.05, 0) is 37.7 Å². The summed E-state index contributed by atoms with van der Waals surface area (Å²) in [6, 6.07) is 6.97. The van der Waals surface area contributed by atoms with Gasteiger partial charge in [0.25, 0.3) is 5.56 Å². The number of hydrogen-bond acceptors (Lipinski definition) is 6. The molecule has 0 amide bonds. The van der Waals surface area contributed by atoms with Crippen LogP contribution in [0.2, 0.25) is 0 Å². The van der Waals surface area contributed by atoms with Crippen molar-refractivity contribution in [2.75, 3.05) is 6.61 Å². The van der Waals surface area contributed by atoms with Crippen LogP contribution in [0.5, 0.6) is 5.75 Å². The monoisotopic (exact) mass is 374 g/mol. The third kappa shape index (κ3) is 5.19. The molecule has 0 saturated heterocycles. The van der Waals surface area contributed by atoms with Gasteiger partial charge in [0.15, 0.2) is 0 Å². The molecule has 0 aliphatic rings. The molecule has 1 aromatic carbocycles. The lowest BCUT2D eigenvalue weighted by molar-refractivity contribution is 0.106. The molecule has 1 aromatic heterocycles. The Balaban J connectivity index is 2.14. The van der Waals surface area contributed by atoms with Crippen LogP contribution in [0.4, 0.5) is 0 Å². The van der Waals surface area contributed by atoms with E-state index in [0.717, 1.165) is 36.6 Å². The highest BCUT2D eigenvalue weighted by molar-refractivity contribution is 7.71. The van der Waals surface area contributed by atoms with Crippen molar-refractivity contribution >= 4 is 24.2 Å². The first-order valence-corrected chi connectivity index (χ1v) is 8.94. The number of carbonyl (C=O) groups excluding carboxylic acids is 1. The number of hydrogen-bond donors (Lipinski definition) is 1. The number of unbranched alkanes of at least 4 members (excludes halogenated alkanes) is 3. The van der Waals surface area contributed by atoms with Crippen molar-refractivity contribution < 1.29 is 9.53 Å². The highest BCUT2D eigenvalue weighted by atomic mass is 32.1. The average Bonchev–Trinajstić information content (AvgIpc) is 2.65. The normalized spacial score (nSPS) is 11.0. The van der Waals surface area contributed by atoms with Gasteiger partial charge in [-0.15, -0.1) is 0 Å². The first kappa shape index (κ1) is 19.7. The number of aryl methyl sites for hydroxylation is 1. The quantitative estimate of drug-likeness (QED) is 0.315. The molecule has 0 unspecified atom stereocenters. The number of aromatic nitrogens is 3. The van der Waals surface area contributed by atoms with Gasteiger partial charge in [0.2, 0.25) is 10.6 Å². The second-order valence-electron chi connectivity index (χ2n) is 5.75. The van der Waals surface area contributed by atoms with Crippen LogP contribution in [0.15, 0.2) is 34.2 Å². The number of benzene rings is 1. The average molecular weight is 374 g/mol. The number of rotatable bonds is 9. The molecule has 8 heteroatoms. The number of carbonyl (C=O) groups is 1. The predicted molar refractivity (Wildman–Crippen MR) is 103 cm³/mol. The lowest BCUT2D eigenvalue weighted by atomic mass is 10.1. The van der Waals surface area contributed by atoms with Gasteiger partial charge in [-0.25, -0.2) is 0 Å². The summed E-state index contributed by atoms with van der Waals surface area (Å²) in [5, 5.41) is 10.2. The maximum atomic E-state index is 12.5. The third-order valence-electron chi connectivity index (χ3n) is 3.71. The second-order valence-corrected chi connectivity index (χ2v) is 6.13. The summed E-state index contributed by atoms with van der Waals surface area (Å²) in [4.78, 5) is 24.5. The van der Waals surface area contributed by atoms with Crippen LogP contribution in [0.25, 0.3) is 0 Å². The van der Waals surface area contributed by atoms with Gasteiger partial charge in [-0.1, -0.05) is 38.3 Å². The van der Waals surface area contributed by atoms with Crippen molar-refractivity contribution in [1.82, 2.24) is 14.9 Å². The molecular weight excluding hydrogens is 352 g/mol. The van der Waals surface area contributed by atoms with E-state index in [2.05, 4.69) is 22.2 Å². The largest absolute Gasteiger partial charge is 0.493 e. The summed E-state index contributed by atoms with van der Waals surface area (Å²) in [6.45, 7) is 4.23. The standard InChI is InChI=1S/C18H22N4O3S/c1-3-4-5-8-11-25-16-10-7-6-9-14(16)15(23)12-19-22-17(24)13(2)20-21-18(22)26/h6-7,9-10,12H,3-5,8,11H2,1-2H3,(H,21,26)/b19-12-. The Labute approximate surface area is 156 Å². The Morgan fingerprint density at radius 1 is 1.35 bits per heavy atom. The number of Topliss-reactive ketones (excluding diaryl/α,β-unsaturated/α-hetero) is 1. The molecule has 1 N–H and O–H groups in total. The first-order valence-electron chi connectivity index (χ1n) is 8.53. The van der Waals surface area contributed by atoms with E-state index in [1.807, 2.05) is 6.07 Å². The van der Waals surface area contributed by atoms with Crippen LogP contribution < -0.4 is 10.3 Å². The fourth-order valence-corrected chi connectivity index (χ4v) is 2.44. The van der Waals surface area contributed by atoms with Crippen LogP contribution in [0, 0.1) is 11.7 Å². The Kier molecular flexibility index (Phi) is 7.40. The number of ketones is 1. The summed E-state index contributed by atoms with van der Waals surface area (Å²) >= 11 is 4.98. The highest BCUT2D eigenvalue weighted by Gasteiger charge is 2.11. The van der Waals surface area contributed by atoms with Gasteiger partial charge < -0.3 is 4.74 Å². The number of nitrogens with one attached hydrogen (secondary N) is 1. The smallest absolute Gasteiger partial charge is 0.296 e. The molecule has 0 radical (unpaired) electrons. The van der Waals surface area contributed by atoms with Crippen LogP contribution in [0.3, 0.4) is 0 Å². The molecule has 0 bridgehead atoms. The number of H-pyrrole nitrogens is 1. The van der Waals surface area contributed by atoms with Crippen molar-refractivity contribution in [3.05, 3.63) is 50.6 Å². The van der Waals surface area contributed by atoms with E-state index in [4.69, 9.17) is 17.0 Å². The minimum atomic E-state index is -0.474. The lowest BCUT2D eigenvalue weighted by Crippen LogP contribution is -2.23. The van der Waals surface area contributed by atoms with Gasteiger partial charge in [-0.2, -0.15) is 14.9 Å². The van der Waals surface area contributed by atoms with Crippen molar-refractivity contribution in [2.24, 2.45) is 5.10 Å². The molecule has 2 rings (SSSR count). The highest BCUT2D eigenvalue weighted by Crippen LogP contribution is 2.18. The lowest BCUT2D eigenvalue weighted by Gasteiger charge is -2.09. The van der Waals surface area contributed by atoms with Crippen molar-refractivity contribution in [2.45, 2.75) is 39.5 Å². The summed E-state index contributed by atoms with van der Waals surface area (Å²) in [5.74, 6) is 0.133. The summed E-state index contributed by atoms with van der Waals surface area (Å²) in [6.07, 6.45) is 5.41. The maximum Gasteiger partial charge on any atom is 0.296 e. The van der Waals surface area contributed by atoms with Crippen LogP contribution in [-0.2, 0) is 0 Å². The van der Waals surface area contributed by atoms with Crippen molar-refractivity contribution in [3.8, 4) is 5.75 Å². The third-order valence-corrected chi connectivity index (χ3v) is 3.98. The second kappa shape index (κ2) is 9.76. The van der Waals surface area contributed by atoms with Crippen molar-refractivity contribution in [1.29, 1.82) is 0 Å². The zero-order valence-corrected chi connectivity index (χ0v) is 15.7. The van der Waals surface area contributed by atoms with Gasteiger partial charge in [0, 0.05) is 0 Å². The summed E-state index contributed by atoms with van der Waals surface area (Å²) in [7, 11) is 0. The Hall–Kier alpha value is -2.61. The van der Waals surface area contributed by atoms with E-state index in [1.54, 1.807) is 18.2 Å². The molecule has 138 valence electrons. The molecule has 0 atom stereocenters. The molecule has 0 aliphatic heterocycles. The van der Waals surface area contributed by atoms with E-state index >= 15 is 0 Å². The minimum absolute atomic E-state index is 0.0186. The SMILES string of the molecule is CCCCCCOc1ccccc1C(=O)/C=N\n1c(=S)[nH]nc(C)c1=O. The molecule has 0 aliphatic carbocycles. The number of para-hydroxylation sites is 1. The van der Waals surface area contributed by atoms with Gasteiger partial charge in [-0.3, -0.25) is 14.7 Å². The fraction of sp³-hybridized carbons (Fsp3) is 0.389. The van der Waals surface area contributed by atoms with Crippen LogP contribution >= 0.6 is 12.2 Å². The molecule has 1 heterocycles. The summed E-state index contributed by atoms with van der Waals surface area (Å²) in [5.41, 5.74) is 0.123. The molecule has 26 heavy (non-hydrogen) atoms. The molecule has 0 fully saturated rings. The van der Waals surface area contributed by atoms with E-state index in [-0.39, 0.29) is 16.2 Å². The molecule has 0 saturated carbocycles. The van der Waals surface area contributed by atoms with E-state index in [1.165, 1.54) is 6.92 Å².